The molecule has 1 unspecified atom stereocenters. The molecule has 2 aromatic rings. The molecule has 1 saturated heterocycles. The van der Waals surface area contributed by atoms with E-state index in [1.807, 2.05) is 0 Å². The quantitative estimate of drug-likeness (QED) is 0.249. The van der Waals surface area contributed by atoms with Crippen molar-refractivity contribution in [1.29, 1.82) is 0 Å². The van der Waals surface area contributed by atoms with Crippen LogP contribution >= 0.6 is 11.6 Å². The molecule has 11 heteroatoms. The van der Waals surface area contributed by atoms with Crippen LogP contribution < -0.4 is 16.1 Å². The predicted octanol–water partition coefficient (Wildman–Crippen LogP) is 4.88. The van der Waals surface area contributed by atoms with E-state index >= 15 is 0 Å². The topological polar surface area (TPSA) is 136 Å². The fourth-order valence-electron chi connectivity index (χ4n) is 4.25. The number of amides is 2. The lowest BCUT2D eigenvalue weighted by atomic mass is 9.97. The molecule has 10 nitrogen and oxygen atoms in total. The minimum absolute atomic E-state index is 0.0119. The number of hydrogen-bond donors (Lipinski definition) is 3. The molecule has 1 fully saturated rings. The number of carbonyl (C=O) groups excluding carboxylic acids is 4. The highest BCUT2D eigenvalue weighted by atomic mass is 35.5. The van der Waals surface area contributed by atoms with Crippen LogP contribution in [-0.4, -0.2) is 41.3 Å². The molecule has 1 atom stereocenters. The summed E-state index contributed by atoms with van der Waals surface area (Å²) in [5.41, 5.74) is 3.81. The molecule has 4 rings (SSSR count). The monoisotopic (exact) mass is 554 g/mol. The highest BCUT2D eigenvalue weighted by Gasteiger charge is 2.32. The predicted molar refractivity (Wildman–Crippen MR) is 145 cm³/mol. The van der Waals surface area contributed by atoms with E-state index in [1.54, 1.807) is 30.3 Å². The van der Waals surface area contributed by atoms with E-state index in [0.29, 0.717) is 43.7 Å². The molecule has 1 aliphatic carbocycles. The summed E-state index contributed by atoms with van der Waals surface area (Å²) in [6, 6.07) is 9.86. The number of allylic oxidation sites excluding steroid dienone is 2. The number of nitrogens with one attached hydrogen (secondary N) is 3. The number of nitrogens with zero attached hydrogens (tertiary/aromatic N) is 1. The molecule has 1 aliphatic heterocycles. The standard InChI is InChI=1S/C28H31ClN4O6/c29-24-26(27(36)20-8-7-16-30-25(20)28(24)37)32-19-14-12-18(13-15-19)31-21(34)9-3-1-2-4-10-22(35)33-39-23-11-5-6-17-38-23/h7-8,12-16,23,32H,1-6,9-11,17H2,(H,31,34)(H,33,35). The summed E-state index contributed by atoms with van der Waals surface area (Å²) in [6.07, 6.45) is 7.73. The number of aromatic nitrogens is 1. The van der Waals surface area contributed by atoms with Gasteiger partial charge in [-0.1, -0.05) is 24.4 Å². The first-order valence-corrected chi connectivity index (χ1v) is 13.5. The Morgan fingerprint density at radius 3 is 2.38 bits per heavy atom. The Balaban J connectivity index is 1.13. The Labute approximate surface area is 231 Å². The smallest absolute Gasteiger partial charge is 0.243 e. The van der Waals surface area contributed by atoms with Crippen LogP contribution in [0, 0.1) is 0 Å². The van der Waals surface area contributed by atoms with Crippen LogP contribution in [0.4, 0.5) is 11.4 Å². The number of ether oxygens (including phenoxy) is 1. The number of hydrogen-bond acceptors (Lipinski definition) is 8. The molecule has 0 spiro atoms. The molecule has 2 heterocycles. The fraction of sp³-hybridized carbons (Fsp3) is 0.393. The van der Waals surface area contributed by atoms with Crippen molar-refractivity contribution in [2.45, 2.75) is 64.1 Å². The van der Waals surface area contributed by atoms with Gasteiger partial charge in [-0.2, -0.15) is 0 Å². The molecule has 0 bridgehead atoms. The number of hydroxylamine groups is 1. The molecule has 1 aromatic carbocycles. The van der Waals surface area contributed by atoms with Gasteiger partial charge < -0.3 is 15.4 Å². The number of halogens is 1. The van der Waals surface area contributed by atoms with Crippen LogP contribution in [0.15, 0.2) is 53.3 Å². The molecular weight excluding hydrogens is 524 g/mol. The molecular formula is C28H31ClN4O6. The normalized spacial score (nSPS) is 17.0. The third-order valence-corrected chi connectivity index (χ3v) is 6.71. The molecule has 2 amide bonds. The van der Waals surface area contributed by atoms with Gasteiger partial charge in [-0.25, -0.2) is 10.3 Å². The Morgan fingerprint density at radius 2 is 1.67 bits per heavy atom. The van der Waals surface area contributed by atoms with E-state index in [9.17, 15) is 19.2 Å². The Kier molecular flexibility index (Phi) is 10.2. The van der Waals surface area contributed by atoms with Crippen molar-refractivity contribution < 1.29 is 28.8 Å². The summed E-state index contributed by atoms with van der Waals surface area (Å²) >= 11 is 6.16. The van der Waals surface area contributed by atoms with Gasteiger partial charge in [-0.15, -0.1) is 0 Å². The summed E-state index contributed by atoms with van der Waals surface area (Å²) in [5, 5.41) is 5.54. The van der Waals surface area contributed by atoms with E-state index in [2.05, 4.69) is 21.1 Å². The number of pyridine rings is 1. The number of carbonyl (C=O) groups is 4. The van der Waals surface area contributed by atoms with Gasteiger partial charge in [0.05, 0.1) is 5.56 Å². The largest absolute Gasteiger partial charge is 0.351 e. The van der Waals surface area contributed by atoms with Gasteiger partial charge in [0.25, 0.3) is 0 Å². The second-order valence-corrected chi connectivity index (χ2v) is 9.73. The summed E-state index contributed by atoms with van der Waals surface area (Å²) < 4.78 is 5.40. The zero-order valence-electron chi connectivity index (χ0n) is 21.5. The number of unbranched alkanes of at least 4 members (excludes halogenated alkanes) is 3. The van der Waals surface area contributed by atoms with Crippen LogP contribution in [-0.2, 0) is 19.2 Å². The summed E-state index contributed by atoms with van der Waals surface area (Å²) in [7, 11) is 0. The van der Waals surface area contributed by atoms with Crippen molar-refractivity contribution >= 4 is 46.4 Å². The molecule has 206 valence electrons. The Bertz CT molecular complexity index is 1240. The molecule has 0 radical (unpaired) electrons. The average molecular weight is 555 g/mol. The van der Waals surface area contributed by atoms with Crippen LogP contribution in [0.5, 0.6) is 0 Å². The first-order valence-electron chi connectivity index (χ1n) is 13.1. The van der Waals surface area contributed by atoms with E-state index in [1.165, 1.54) is 12.3 Å². The van der Waals surface area contributed by atoms with Gasteiger partial charge in [0, 0.05) is 43.4 Å². The summed E-state index contributed by atoms with van der Waals surface area (Å²) in [4.78, 5) is 58.7. The molecule has 2 aliphatic rings. The van der Waals surface area contributed by atoms with Gasteiger partial charge >= 0.3 is 0 Å². The van der Waals surface area contributed by atoms with E-state index in [-0.39, 0.29) is 40.1 Å². The molecule has 39 heavy (non-hydrogen) atoms. The van der Waals surface area contributed by atoms with Crippen LogP contribution in [0.1, 0.15) is 78.6 Å². The minimum Gasteiger partial charge on any atom is -0.351 e. The first-order chi connectivity index (χ1) is 18.9. The van der Waals surface area contributed by atoms with Crippen molar-refractivity contribution in [2.24, 2.45) is 0 Å². The van der Waals surface area contributed by atoms with Crippen LogP contribution in [0.3, 0.4) is 0 Å². The second-order valence-electron chi connectivity index (χ2n) is 9.35. The van der Waals surface area contributed by atoms with E-state index in [4.69, 9.17) is 21.2 Å². The maximum atomic E-state index is 12.8. The summed E-state index contributed by atoms with van der Waals surface area (Å²) in [6.45, 7) is 0.657. The van der Waals surface area contributed by atoms with Gasteiger partial charge in [0.1, 0.15) is 16.4 Å². The van der Waals surface area contributed by atoms with E-state index in [0.717, 1.165) is 32.1 Å². The lowest BCUT2D eigenvalue weighted by Crippen LogP contribution is -2.32. The number of anilines is 2. The van der Waals surface area contributed by atoms with Gasteiger partial charge in [0.15, 0.2) is 6.29 Å². The number of rotatable bonds is 12. The van der Waals surface area contributed by atoms with Crippen LogP contribution in [0.2, 0.25) is 0 Å². The van der Waals surface area contributed by atoms with Gasteiger partial charge in [-0.05, 0) is 62.1 Å². The van der Waals surface area contributed by atoms with Crippen LogP contribution in [0.25, 0.3) is 0 Å². The zero-order valence-corrected chi connectivity index (χ0v) is 22.2. The Morgan fingerprint density at radius 1 is 0.949 bits per heavy atom. The number of ketones is 2. The lowest BCUT2D eigenvalue weighted by molar-refractivity contribution is -0.200. The average Bonchev–Trinajstić information content (AvgIpc) is 2.96. The van der Waals surface area contributed by atoms with E-state index < -0.39 is 11.6 Å². The highest BCUT2D eigenvalue weighted by molar-refractivity contribution is 6.50. The van der Waals surface area contributed by atoms with Crippen molar-refractivity contribution in [3.05, 3.63) is 64.6 Å². The second kappa shape index (κ2) is 14.0. The number of benzene rings is 1. The first kappa shape index (κ1) is 28.4. The zero-order chi connectivity index (χ0) is 27.6. The maximum absolute atomic E-state index is 12.8. The fourth-order valence-corrected chi connectivity index (χ4v) is 4.47. The lowest BCUT2D eigenvalue weighted by Gasteiger charge is -2.22. The molecule has 3 N–H and O–H groups in total. The SMILES string of the molecule is O=C(CCCCCCC(=O)Nc1ccc(NC2=C(Cl)C(=O)c3ncccc3C2=O)cc1)NOC1CCCCO1. The third-order valence-electron chi connectivity index (χ3n) is 6.35. The van der Waals surface area contributed by atoms with Crippen molar-refractivity contribution in [2.75, 3.05) is 17.2 Å². The molecule has 0 saturated carbocycles. The highest BCUT2D eigenvalue weighted by Crippen LogP contribution is 2.28. The van der Waals surface area contributed by atoms with Gasteiger partial charge in [0.2, 0.25) is 23.4 Å². The molecule has 1 aromatic heterocycles. The Hall–Kier alpha value is -3.60. The maximum Gasteiger partial charge on any atom is 0.243 e. The van der Waals surface area contributed by atoms with Crippen molar-refractivity contribution in [3.8, 4) is 0 Å². The third kappa shape index (κ3) is 7.95. The van der Waals surface area contributed by atoms with Gasteiger partial charge in [-0.3, -0.25) is 24.2 Å². The number of fused-ring (bicyclic) bond motifs is 1. The summed E-state index contributed by atoms with van der Waals surface area (Å²) in [5.74, 6) is -1.21. The minimum atomic E-state index is -0.514. The van der Waals surface area contributed by atoms with Crippen molar-refractivity contribution in [1.82, 2.24) is 10.5 Å². The van der Waals surface area contributed by atoms with Crippen molar-refractivity contribution in [3.63, 3.8) is 0 Å². The number of Topliss-reactive ketones (excluding diaryl/α,β-unsaturated/α-hetero) is 2.